The number of hydrogen-bond acceptors (Lipinski definition) is 3. The minimum Gasteiger partial charge on any atom is -0.484 e. The molecule has 1 unspecified atom stereocenters. The zero-order valence-electron chi connectivity index (χ0n) is 20.2. The van der Waals surface area contributed by atoms with Crippen molar-refractivity contribution in [2.45, 2.75) is 52.2 Å². The first-order valence-corrected chi connectivity index (χ1v) is 11.9. The van der Waals surface area contributed by atoms with E-state index < -0.39 is 6.04 Å². The number of rotatable bonds is 11. The number of nitrogens with zero attached hydrogens (tertiary/aromatic N) is 1. The Kier molecular flexibility index (Phi) is 9.27. The van der Waals surface area contributed by atoms with Crippen LogP contribution in [0.2, 0.25) is 0 Å². The Morgan fingerprint density at radius 2 is 1.41 bits per heavy atom. The molecule has 3 aromatic rings. The van der Waals surface area contributed by atoms with Gasteiger partial charge in [0.25, 0.3) is 5.91 Å². The smallest absolute Gasteiger partial charge is 0.261 e. The molecule has 0 aliphatic heterocycles. The molecule has 5 nitrogen and oxygen atoms in total. The molecule has 0 aliphatic rings. The minimum absolute atomic E-state index is 0.0345. The molecule has 0 aliphatic carbocycles. The number of amides is 2. The molecule has 2 amide bonds. The van der Waals surface area contributed by atoms with Crippen molar-refractivity contribution in [2.24, 2.45) is 0 Å². The van der Waals surface area contributed by atoms with Gasteiger partial charge < -0.3 is 15.0 Å². The summed E-state index contributed by atoms with van der Waals surface area (Å²) in [4.78, 5) is 28.4. The first-order valence-electron chi connectivity index (χ1n) is 11.9. The van der Waals surface area contributed by atoms with Crippen molar-refractivity contribution in [1.82, 2.24) is 10.2 Å². The maximum Gasteiger partial charge on any atom is 0.261 e. The van der Waals surface area contributed by atoms with E-state index >= 15 is 0 Å². The van der Waals surface area contributed by atoms with Crippen molar-refractivity contribution in [3.8, 4) is 5.75 Å². The van der Waals surface area contributed by atoms with Gasteiger partial charge in [0, 0.05) is 19.0 Å². The maximum atomic E-state index is 13.5. The lowest BCUT2D eigenvalue weighted by Gasteiger charge is -2.32. The molecule has 0 radical (unpaired) electrons. The van der Waals surface area contributed by atoms with E-state index in [1.54, 1.807) is 4.90 Å². The summed E-state index contributed by atoms with van der Waals surface area (Å²) >= 11 is 0. The molecule has 0 heterocycles. The number of ether oxygens (including phenoxy) is 1. The van der Waals surface area contributed by atoms with Crippen LogP contribution in [0.5, 0.6) is 5.75 Å². The van der Waals surface area contributed by atoms with Crippen molar-refractivity contribution in [2.75, 3.05) is 6.61 Å². The zero-order chi connectivity index (χ0) is 24.3. The molecule has 0 saturated heterocycles. The lowest BCUT2D eigenvalue weighted by atomic mass is 10.0. The first kappa shape index (κ1) is 25.0. The fourth-order valence-electron chi connectivity index (χ4n) is 3.76. The highest BCUT2D eigenvalue weighted by Gasteiger charge is 2.31. The average Bonchev–Trinajstić information content (AvgIpc) is 2.85. The number of benzene rings is 3. The van der Waals surface area contributed by atoms with E-state index in [2.05, 4.69) is 12.2 Å². The number of nitrogens with one attached hydrogen (secondary N) is 1. The molecule has 5 heteroatoms. The molecule has 34 heavy (non-hydrogen) atoms. The van der Waals surface area contributed by atoms with E-state index in [1.165, 1.54) is 5.56 Å². The third-order valence-corrected chi connectivity index (χ3v) is 5.59. The third-order valence-electron chi connectivity index (χ3n) is 5.59. The largest absolute Gasteiger partial charge is 0.484 e. The summed E-state index contributed by atoms with van der Waals surface area (Å²) in [5.74, 6) is 0.232. The van der Waals surface area contributed by atoms with Gasteiger partial charge in [-0.3, -0.25) is 9.59 Å². The van der Waals surface area contributed by atoms with Crippen molar-refractivity contribution in [1.29, 1.82) is 0 Å². The fourth-order valence-corrected chi connectivity index (χ4v) is 3.76. The highest BCUT2D eigenvalue weighted by molar-refractivity contribution is 5.88. The maximum absolute atomic E-state index is 13.5. The normalized spacial score (nSPS) is 11.6. The summed E-state index contributed by atoms with van der Waals surface area (Å²) < 4.78 is 5.82. The Morgan fingerprint density at radius 3 is 1.97 bits per heavy atom. The van der Waals surface area contributed by atoms with E-state index in [0.717, 1.165) is 17.5 Å². The molecular formula is C29H34N2O3. The molecule has 3 aromatic carbocycles. The predicted molar refractivity (Wildman–Crippen MR) is 136 cm³/mol. The highest BCUT2D eigenvalue weighted by atomic mass is 16.5. The Morgan fingerprint density at radius 1 is 0.824 bits per heavy atom. The molecule has 0 fully saturated rings. The van der Waals surface area contributed by atoms with Gasteiger partial charge in [0.15, 0.2) is 6.61 Å². The number of carbonyl (C=O) groups is 2. The van der Waals surface area contributed by atoms with Crippen molar-refractivity contribution >= 4 is 11.8 Å². The molecule has 0 saturated carbocycles. The highest BCUT2D eigenvalue weighted by Crippen LogP contribution is 2.17. The lowest BCUT2D eigenvalue weighted by Crippen LogP contribution is -2.52. The van der Waals surface area contributed by atoms with Gasteiger partial charge in [0.05, 0.1) is 0 Å². The van der Waals surface area contributed by atoms with Crippen molar-refractivity contribution < 1.29 is 14.3 Å². The van der Waals surface area contributed by atoms with Crippen LogP contribution in [-0.4, -0.2) is 35.4 Å². The molecule has 1 atom stereocenters. The second-order valence-electron chi connectivity index (χ2n) is 8.66. The topological polar surface area (TPSA) is 58.6 Å². The van der Waals surface area contributed by atoms with Gasteiger partial charge in [-0.15, -0.1) is 0 Å². The van der Waals surface area contributed by atoms with Gasteiger partial charge in [-0.1, -0.05) is 79.7 Å². The van der Waals surface area contributed by atoms with Gasteiger partial charge in [-0.05, 0) is 49.1 Å². The zero-order valence-corrected chi connectivity index (χ0v) is 20.2. The lowest BCUT2D eigenvalue weighted by molar-refractivity contribution is -0.143. The Hall–Kier alpha value is -3.60. The summed E-state index contributed by atoms with van der Waals surface area (Å²) in [6.45, 7) is 6.11. The van der Waals surface area contributed by atoms with Crippen LogP contribution in [0, 0.1) is 0 Å². The van der Waals surface area contributed by atoms with Gasteiger partial charge in [0.2, 0.25) is 5.91 Å². The van der Waals surface area contributed by atoms with Crippen LogP contribution in [0.15, 0.2) is 84.9 Å². The minimum atomic E-state index is -0.663. The van der Waals surface area contributed by atoms with Crippen LogP contribution >= 0.6 is 0 Å². The monoisotopic (exact) mass is 458 g/mol. The van der Waals surface area contributed by atoms with Crippen molar-refractivity contribution in [3.05, 3.63) is 102 Å². The van der Waals surface area contributed by atoms with E-state index in [1.807, 2.05) is 98.8 Å². The van der Waals surface area contributed by atoms with Crippen LogP contribution in [0.1, 0.15) is 37.5 Å². The van der Waals surface area contributed by atoms with E-state index in [4.69, 9.17) is 4.74 Å². The molecule has 178 valence electrons. The van der Waals surface area contributed by atoms with Gasteiger partial charge in [-0.25, -0.2) is 0 Å². The standard InChI is InChI=1S/C29H34N2O3/c1-4-23-15-17-26(18-16-23)34-21-28(32)31(20-25-13-9-6-10-14-25)27(29(33)30-22(2)3)19-24-11-7-5-8-12-24/h5-18,22,27H,4,19-21H2,1-3H3,(H,30,33). The first-order chi connectivity index (χ1) is 16.5. The van der Waals surface area contributed by atoms with E-state index in [0.29, 0.717) is 18.7 Å². The third kappa shape index (κ3) is 7.48. The molecule has 0 spiro atoms. The Bertz CT molecular complexity index is 1030. The summed E-state index contributed by atoms with van der Waals surface area (Å²) in [6.07, 6.45) is 1.36. The van der Waals surface area contributed by atoms with Crippen molar-refractivity contribution in [3.63, 3.8) is 0 Å². The average molecular weight is 459 g/mol. The quantitative estimate of drug-likeness (QED) is 0.449. The van der Waals surface area contributed by atoms with Gasteiger partial charge in [0.1, 0.15) is 11.8 Å². The summed E-state index contributed by atoms with van der Waals surface area (Å²) in [5, 5.41) is 3.00. The van der Waals surface area contributed by atoms with Gasteiger partial charge in [-0.2, -0.15) is 0 Å². The van der Waals surface area contributed by atoms with Crippen LogP contribution < -0.4 is 10.1 Å². The molecule has 3 rings (SSSR count). The van der Waals surface area contributed by atoms with Crippen LogP contribution in [-0.2, 0) is 29.0 Å². The predicted octanol–water partition coefficient (Wildman–Crippen LogP) is 4.79. The molecule has 1 N–H and O–H groups in total. The second kappa shape index (κ2) is 12.6. The second-order valence-corrected chi connectivity index (χ2v) is 8.66. The number of aryl methyl sites for hydroxylation is 1. The van der Waals surface area contributed by atoms with Crippen LogP contribution in [0.25, 0.3) is 0 Å². The summed E-state index contributed by atoms with van der Waals surface area (Å²) in [7, 11) is 0. The number of carbonyl (C=O) groups excluding carboxylic acids is 2. The molecular weight excluding hydrogens is 424 g/mol. The Labute approximate surface area is 202 Å². The Balaban J connectivity index is 1.86. The van der Waals surface area contributed by atoms with Crippen LogP contribution in [0.3, 0.4) is 0 Å². The van der Waals surface area contributed by atoms with E-state index in [-0.39, 0.29) is 24.5 Å². The summed E-state index contributed by atoms with van der Waals surface area (Å²) in [6, 6.07) is 26.6. The summed E-state index contributed by atoms with van der Waals surface area (Å²) in [5.41, 5.74) is 3.16. The number of hydrogen-bond donors (Lipinski definition) is 1. The molecule has 0 bridgehead atoms. The SMILES string of the molecule is CCc1ccc(OCC(=O)N(Cc2ccccc2)C(Cc2ccccc2)C(=O)NC(C)C)cc1. The molecule has 0 aromatic heterocycles. The van der Waals surface area contributed by atoms with E-state index in [9.17, 15) is 9.59 Å². The fraction of sp³-hybridized carbons (Fsp3) is 0.310. The van der Waals surface area contributed by atoms with Crippen LogP contribution in [0.4, 0.5) is 0 Å². The van der Waals surface area contributed by atoms with Gasteiger partial charge >= 0.3 is 0 Å².